The number of aromatic nitrogens is 1. The van der Waals surface area contributed by atoms with Crippen LogP contribution in [0.2, 0.25) is 0 Å². The molecule has 2 rings (SSSR count). The lowest BCUT2D eigenvalue weighted by Crippen LogP contribution is -2.47. The Labute approximate surface area is 127 Å². The molecule has 0 saturated carbocycles. The van der Waals surface area contributed by atoms with E-state index in [4.69, 9.17) is 9.72 Å². The molecule has 2 unspecified atom stereocenters. The maximum atomic E-state index is 5.91. The van der Waals surface area contributed by atoms with Crippen molar-refractivity contribution in [3.05, 3.63) is 16.1 Å². The molecule has 0 aromatic carbocycles. The third-order valence-electron chi connectivity index (χ3n) is 4.23. The van der Waals surface area contributed by atoms with E-state index in [1.54, 1.807) is 11.3 Å². The Morgan fingerprint density at radius 1 is 1.50 bits per heavy atom. The zero-order valence-corrected chi connectivity index (χ0v) is 14.3. The van der Waals surface area contributed by atoms with E-state index >= 15 is 0 Å². The topological polar surface area (TPSA) is 34.2 Å². The standard InChI is InChI=1S/C16H28N2OS/c1-6-7-12-10-16(17-5,8-9-19-12)14-18-13(11-20-14)15(2,3)4/h11-12,17H,6-10H2,1-5H3. The summed E-state index contributed by atoms with van der Waals surface area (Å²) < 4.78 is 5.91. The van der Waals surface area contributed by atoms with E-state index in [1.165, 1.54) is 17.1 Å². The lowest BCUT2D eigenvalue weighted by Gasteiger charge is -2.39. The van der Waals surface area contributed by atoms with Gasteiger partial charge in [-0.15, -0.1) is 11.3 Å². The Kier molecular flexibility index (Phi) is 4.88. The Morgan fingerprint density at radius 3 is 2.80 bits per heavy atom. The maximum absolute atomic E-state index is 5.91. The van der Waals surface area contributed by atoms with Gasteiger partial charge in [0.25, 0.3) is 0 Å². The number of hydrogen-bond donors (Lipinski definition) is 1. The van der Waals surface area contributed by atoms with Crippen molar-refractivity contribution >= 4 is 11.3 Å². The molecule has 2 heterocycles. The first-order chi connectivity index (χ1) is 9.41. The lowest BCUT2D eigenvalue weighted by molar-refractivity contribution is -0.0330. The molecule has 1 N–H and O–H groups in total. The zero-order chi connectivity index (χ0) is 14.8. The SMILES string of the molecule is CCCC1CC(NC)(c2nc(C(C)(C)C)cs2)CCO1. The van der Waals surface area contributed by atoms with E-state index in [1.807, 2.05) is 0 Å². The highest BCUT2D eigenvalue weighted by Gasteiger charge is 2.39. The zero-order valence-electron chi connectivity index (χ0n) is 13.5. The van der Waals surface area contributed by atoms with Crippen molar-refractivity contribution in [1.29, 1.82) is 0 Å². The molecule has 0 spiro atoms. The molecule has 1 aromatic heterocycles. The maximum Gasteiger partial charge on any atom is 0.113 e. The van der Waals surface area contributed by atoms with Gasteiger partial charge < -0.3 is 10.1 Å². The summed E-state index contributed by atoms with van der Waals surface area (Å²) in [5.74, 6) is 0. The molecule has 0 bridgehead atoms. The number of nitrogens with zero attached hydrogens (tertiary/aromatic N) is 1. The molecule has 1 aliphatic heterocycles. The molecule has 1 aliphatic rings. The number of hydrogen-bond acceptors (Lipinski definition) is 4. The molecule has 20 heavy (non-hydrogen) atoms. The van der Waals surface area contributed by atoms with Crippen LogP contribution in [0.3, 0.4) is 0 Å². The van der Waals surface area contributed by atoms with Gasteiger partial charge >= 0.3 is 0 Å². The first-order valence-corrected chi connectivity index (χ1v) is 8.56. The number of nitrogens with one attached hydrogen (secondary N) is 1. The minimum absolute atomic E-state index is 0.00620. The molecular weight excluding hydrogens is 268 g/mol. The van der Waals surface area contributed by atoms with Crippen LogP contribution in [0.1, 0.15) is 64.1 Å². The summed E-state index contributed by atoms with van der Waals surface area (Å²) >= 11 is 1.80. The first-order valence-electron chi connectivity index (χ1n) is 7.68. The fraction of sp³-hybridized carbons (Fsp3) is 0.812. The van der Waals surface area contributed by atoms with Crippen LogP contribution in [0.4, 0.5) is 0 Å². The summed E-state index contributed by atoms with van der Waals surface area (Å²) in [5.41, 5.74) is 1.33. The second-order valence-electron chi connectivity index (χ2n) is 6.86. The summed E-state index contributed by atoms with van der Waals surface area (Å²) in [6.07, 6.45) is 4.73. The minimum atomic E-state index is 0.00620. The van der Waals surface area contributed by atoms with Crippen molar-refractivity contribution in [3.63, 3.8) is 0 Å². The van der Waals surface area contributed by atoms with Gasteiger partial charge in [0, 0.05) is 17.4 Å². The average molecular weight is 296 g/mol. The smallest absolute Gasteiger partial charge is 0.113 e. The lowest BCUT2D eigenvalue weighted by atomic mass is 9.85. The summed E-state index contributed by atoms with van der Waals surface area (Å²) in [6.45, 7) is 9.72. The van der Waals surface area contributed by atoms with Crippen LogP contribution >= 0.6 is 11.3 Å². The summed E-state index contributed by atoms with van der Waals surface area (Å²) in [5, 5.41) is 7.01. The normalized spacial score (nSPS) is 27.8. The van der Waals surface area contributed by atoms with Crippen LogP contribution in [0.15, 0.2) is 5.38 Å². The van der Waals surface area contributed by atoms with Gasteiger partial charge in [-0.25, -0.2) is 4.98 Å². The van der Waals surface area contributed by atoms with E-state index in [9.17, 15) is 0 Å². The number of ether oxygens (including phenoxy) is 1. The summed E-state index contributed by atoms with van der Waals surface area (Å²) in [4.78, 5) is 4.94. The van der Waals surface area contributed by atoms with Crippen molar-refractivity contribution in [2.24, 2.45) is 0 Å². The van der Waals surface area contributed by atoms with Gasteiger partial charge in [-0.3, -0.25) is 0 Å². The Bertz CT molecular complexity index is 436. The fourth-order valence-corrected chi connectivity index (χ4v) is 4.12. The van der Waals surface area contributed by atoms with Crippen LogP contribution in [0.25, 0.3) is 0 Å². The molecular formula is C16H28N2OS. The largest absolute Gasteiger partial charge is 0.378 e. The third-order valence-corrected chi connectivity index (χ3v) is 5.28. The van der Waals surface area contributed by atoms with Gasteiger partial charge in [-0.1, -0.05) is 34.1 Å². The molecule has 1 fully saturated rings. The predicted octanol–water partition coefficient (Wildman–Crippen LogP) is 3.83. The van der Waals surface area contributed by atoms with Crippen molar-refractivity contribution < 1.29 is 4.74 Å². The molecule has 3 nitrogen and oxygen atoms in total. The third kappa shape index (κ3) is 3.23. The second kappa shape index (κ2) is 6.12. The van der Waals surface area contributed by atoms with Gasteiger partial charge in [0.15, 0.2) is 0 Å². The molecule has 0 aliphatic carbocycles. The average Bonchev–Trinajstić information content (AvgIpc) is 2.89. The molecule has 4 heteroatoms. The van der Waals surface area contributed by atoms with E-state index in [0.29, 0.717) is 6.10 Å². The minimum Gasteiger partial charge on any atom is -0.378 e. The predicted molar refractivity (Wildman–Crippen MR) is 85.4 cm³/mol. The molecule has 114 valence electrons. The molecule has 0 radical (unpaired) electrons. The van der Waals surface area contributed by atoms with E-state index in [-0.39, 0.29) is 11.0 Å². The van der Waals surface area contributed by atoms with Gasteiger partial charge in [0.1, 0.15) is 5.01 Å². The highest BCUT2D eigenvalue weighted by Crippen LogP contribution is 2.38. The van der Waals surface area contributed by atoms with Crippen LogP contribution in [0, 0.1) is 0 Å². The first kappa shape index (κ1) is 15.9. The van der Waals surface area contributed by atoms with Gasteiger partial charge in [-0.05, 0) is 26.3 Å². The number of rotatable bonds is 4. The van der Waals surface area contributed by atoms with Crippen LogP contribution in [-0.2, 0) is 15.7 Å². The summed E-state index contributed by atoms with van der Waals surface area (Å²) in [7, 11) is 2.06. The van der Waals surface area contributed by atoms with Crippen LogP contribution in [0.5, 0.6) is 0 Å². The van der Waals surface area contributed by atoms with E-state index in [2.05, 4.69) is 45.4 Å². The second-order valence-corrected chi connectivity index (χ2v) is 7.71. The van der Waals surface area contributed by atoms with Crippen molar-refractivity contribution in [2.45, 2.75) is 70.4 Å². The summed E-state index contributed by atoms with van der Waals surface area (Å²) in [6, 6.07) is 0. The quantitative estimate of drug-likeness (QED) is 0.917. The highest BCUT2D eigenvalue weighted by atomic mass is 32.1. The molecule has 0 amide bonds. The van der Waals surface area contributed by atoms with Gasteiger partial charge in [-0.2, -0.15) is 0 Å². The fourth-order valence-electron chi connectivity index (χ4n) is 2.82. The Hall–Kier alpha value is -0.450. The molecule has 1 saturated heterocycles. The van der Waals surface area contributed by atoms with Gasteiger partial charge in [0.05, 0.1) is 17.3 Å². The Balaban J connectivity index is 2.24. The monoisotopic (exact) mass is 296 g/mol. The molecule has 2 atom stereocenters. The highest BCUT2D eigenvalue weighted by molar-refractivity contribution is 7.09. The van der Waals surface area contributed by atoms with Crippen LogP contribution < -0.4 is 5.32 Å². The van der Waals surface area contributed by atoms with Crippen molar-refractivity contribution in [3.8, 4) is 0 Å². The van der Waals surface area contributed by atoms with E-state index in [0.717, 1.165) is 25.9 Å². The Morgan fingerprint density at radius 2 is 2.25 bits per heavy atom. The van der Waals surface area contributed by atoms with Crippen LogP contribution in [-0.4, -0.2) is 24.7 Å². The van der Waals surface area contributed by atoms with E-state index < -0.39 is 0 Å². The molecule has 1 aromatic rings. The van der Waals surface area contributed by atoms with Crippen molar-refractivity contribution in [2.75, 3.05) is 13.7 Å². The van der Waals surface area contributed by atoms with Crippen molar-refractivity contribution in [1.82, 2.24) is 10.3 Å². The number of thiazole rings is 1. The van der Waals surface area contributed by atoms with Gasteiger partial charge in [0.2, 0.25) is 0 Å².